The average Bonchev–Trinajstić information content (AvgIpc) is 3.24. The summed E-state index contributed by atoms with van der Waals surface area (Å²) in [6.45, 7) is 2.79. The van der Waals surface area contributed by atoms with Gasteiger partial charge >= 0.3 is 0 Å². The van der Waals surface area contributed by atoms with Gasteiger partial charge in [-0.15, -0.1) is 22.0 Å². The number of nitriles is 1. The van der Waals surface area contributed by atoms with Gasteiger partial charge in [0.1, 0.15) is 6.07 Å². The Morgan fingerprint density at radius 3 is 2.45 bits per heavy atom. The molecule has 146 valence electrons. The molecule has 0 radical (unpaired) electrons. The minimum atomic E-state index is 0.470. The first-order valence-electron chi connectivity index (χ1n) is 9.40. The fourth-order valence-electron chi connectivity index (χ4n) is 3.25. The number of hydrogen-bond donors (Lipinski definition) is 0. The van der Waals surface area contributed by atoms with E-state index in [1.807, 2.05) is 71.5 Å². The average molecular weight is 404 g/mol. The van der Waals surface area contributed by atoms with E-state index in [9.17, 15) is 5.26 Å². The summed E-state index contributed by atoms with van der Waals surface area (Å²) >= 11 is 1.69. The Hall–Kier alpha value is -3.08. The van der Waals surface area contributed by atoms with Crippen LogP contribution in [0.3, 0.4) is 0 Å². The zero-order valence-corrected chi connectivity index (χ0v) is 17.0. The van der Waals surface area contributed by atoms with Crippen LogP contribution < -0.4 is 4.90 Å². The summed E-state index contributed by atoms with van der Waals surface area (Å²) in [5.41, 5.74) is 2.35. The van der Waals surface area contributed by atoms with Crippen LogP contribution in [0.4, 0.5) is 5.95 Å². The van der Waals surface area contributed by atoms with Gasteiger partial charge in [-0.3, -0.25) is 4.57 Å². The van der Waals surface area contributed by atoms with Crippen LogP contribution in [0, 0.1) is 11.3 Å². The van der Waals surface area contributed by atoms with E-state index in [1.165, 1.54) is 4.90 Å². The number of ether oxygens (including phenoxy) is 1. The van der Waals surface area contributed by atoms with Gasteiger partial charge in [-0.05, 0) is 42.2 Å². The lowest BCUT2D eigenvalue weighted by atomic mass is 10.1. The Bertz CT molecular complexity index is 1030. The topological polar surface area (TPSA) is 67.0 Å². The van der Waals surface area contributed by atoms with Crippen LogP contribution in [-0.4, -0.2) is 47.3 Å². The molecule has 0 spiro atoms. The first kappa shape index (κ1) is 19.2. The van der Waals surface area contributed by atoms with Crippen LogP contribution >= 0.6 is 11.8 Å². The van der Waals surface area contributed by atoms with Crippen molar-refractivity contribution >= 4 is 29.4 Å². The molecule has 29 heavy (non-hydrogen) atoms. The van der Waals surface area contributed by atoms with Gasteiger partial charge in [-0.25, -0.2) is 0 Å². The summed E-state index contributed by atoms with van der Waals surface area (Å²) in [5, 5.41) is 18.7. The number of thioether (sulfide) groups is 1. The molecule has 0 amide bonds. The number of allylic oxidation sites excluding steroid dienone is 1. The van der Waals surface area contributed by atoms with Crippen molar-refractivity contribution in [2.75, 3.05) is 37.5 Å². The third kappa shape index (κ3) is 4.19. The molecular formula is C22H21N5OS. The molecular weight excluding hydrogens is 382 g/mol. The van der Waals surface area contributed by atoms with Gasteiger partial charge in [-0.2, -0.15) is 5.26 Å². The fraction of sp³-hybridized carbons (Fsp3) is 0.227. The van der Waals surface area contributed by atoms with Gasteiger partial charge in [-0.1, -0.05) is 30.3 Å². The van der Waals surface area contributed by atoms with Crippen LogP contribution in [0.25, 0.3) is 17.3 Å². The third-order valence-corrected chi connectivity index (χ3v) is 5.49. The van der Waals surface area contributed by atoms with Gasteiger partial charge in [0.2, 0.25) is 5.95 Å². The molecule has 1 fully saturated rings. The second kappa shape index (κ2) is 8.95. The Morgan fingerprint density at radius 2 is 1.79 bits per heavy atom. The zero-order chi connectivity index (χ0) is 20.1. The molecule has 0 saturated carbocycles. The van der Waals surface area contributed by atoms with E-state index >= 15 is 0 Å². The van der Waals surface area contributed by atoms with Crippen molar-refractivity contribution in [3.05, 3.63) is 66.0 Å². The molecule has 0 bridgehead atoms. The summed E-state index contributed by atoms with van der Waals surface area (Å²) in [6, 6.07) is 20.3. The highest BCUT2D eigenvalue weighted by Gasteiger charge is 2.23. The molecule has 3 aromatic rings. The van der Waals surface area contributed by atoms with E-state index in [2.05, 4.69) is 21.2 Å². The summed E-state index contributed by atoms with van der Waals surface area (Å²) in [5.74, 6) is 1.27. The third-order valence-electron chi connectivity index (χ3n) is 4.74. The van der Waals surface area contributed by atoms with Crippen LogP contribution in [0.15, 0.2) is 59.5 Å². The van der Waals surface area contributed by atoms with Crippen LogP contribution in [-0.2, 0) is 4.74 Å². The number of anilines is 1. The molecule has 7 heteroatoms. The lowest BCUT2D eigenvalue weighted by molar-refractivity contribution is 0.122. The molecule has 6 nitrogen and oxygen atoms in total. The van der Waals surface area contributed by atoms with Gasteiger partial charge in [0.25, 0.3) is 0 Å². The first-order valence-corrected chi connectivity index (χ1v) is 10.6. The van der Waals surface area contributed by atoms with Gasteiger partial charge in [0, 0.05) is 18.0 Å². The van der Waals surface area contributed by atoms with Crippen LogP contribution in [0.2, 0.25) is 0 Å². The molecule has 1 saturated heterocycles. The Labute approximate surface area is 174 Å². The SMILES string of the molecule is CSc1ccc(/C=C(\C#N)c2nnc(N3CCOCC3)n2-c2ccccc2)cc1. The normalized spacial score (nSPS) is 14.6. The highest BCUT2D eigenvalue weighted by Crippen LogP contribution is 2.26. The monoisotopic (exact) mass is 403 g/mol. The summed E-state index contributed by atoms with van der Waals surface area (Å²) < 4.78 is 7.43. The maximum absolute atomic E-state index is 9.90. The molecule has 2 aromatic carbocycles. The molecule has 4 rings (SSSR count). The minimum Gasteiger partial charge on any atom is -0.378 e. The van der Waals surface area contributed by atoms with Crippen molar-refractivity contribution in [3.63, 3.8) is 0 Å². The van der Waals surface area contributed by atoms with Crippen LogP contribution in [0.1, 0.15) is 11.4 Å². The number of aromatic nitrogens is 3. The quantitative estimate of drug-likeness (QED) is 0.476. The second-order valence-electron chi connectivity index (χ2n) is 6.54. The molecule has 1 aromatic heterocycles. The Kier molecular flexibility index (Phi) is 5.94. The van der Waals surface area contributed by atoms with Crippen LogP contribution in [0.5, 0.6) is 0 Å². The molecule has 0 unspecified atom stereocenters. The molecule has 1 aliphatic rings. The summed E-state index contributed by atoms with van der Waals surface area (Å²) in [7, 11) is 0. The highest BCUT2D eigenvalue weighted by molar-refractivity contribution is 7.98. The van der Waals surface area contributed by atoms with Crippen molar-refractivity contribution in [2.24, 2.45) is 0 Å². The lowest BCUT2D eigenvalue weighted by Crippen LogP contribution is -2.38. The van der Waals surface area contributed by atoms with Crippen molar-refractivity contribution in [3.8, 4) is 11.8 Å². The number of morpholine rings is 1. The maximum Gasteiger partial charge on any atom is 0.232 e. The maximum atomic E-state index is 9.90. The standard InChI is InChI=1S/C22H21N5OS/c1-29-20-9-7-17(8-10-20)15-18(16-23)21-24-25-22(26-11-13-28-14-12-26)27(21)19-5-3-2-4-6-19/h2-10,15H,11-14H2,1H3/b18-15+. The number of nitrogens with zero attached hydrogens (tertiary/aromatic N) is 5. The van der Waals surface area contributed by atoms with Crippen molar-refractivity contribution in [1.29, 1.82) is 5.26 Å². The number of benzene rings is 2. The zero-order valence-electron chi connectivity index (χ0n) is 16.2. The molecule has 2 heterocycles. The molecule has 0 aliphatic carbocycles. The van der Waals surface area contributed by atoms with E-state index in [-0.39, 0.29) is 0 Å². The van der Waals surface area contributed by atoms with Gasteiger partial charge in [0.15, 0.2) is 5.82 Å². The van der Waals surface area contributed by atoms with Crippen molar-refractivity contribution < 1.29 is 4.74 Å². The smallest absolute Gasteiger partial charge is 0.232 e. The number of rotatable bonds is 5. The lowest BCUT2D eigenvalue weighted by Gasteiger charge is -2.28. The van der Waals surface area contributed by atoms with E-state index < -0.39 is 0 Å². The van der Waals surface area contributed by atoms with E-state index in [1.54, 1.807) is 11.8 Å². The molecule has 0 N–H and O–H groups in total. The van der Waals surface area contributed by atoms with Gasteiger partial charge < -0.3 is 9.64 Å². The van der Waals surface area contributed by atoms with Gasteiger partial charge in [0.05, 0.1) is 24.5 Å². The van der Waals surface area contributed by atoms with Crippen molar-refractivity contribution in [1.82, 2.24) is 14.8 Å². The predicted molar refractivity (Wildman–Crippen MR) is 116 cm³/mol. The Morgan fingerprint density at radius 1 is 1.07 bits per heavy atom. The highest BCUT2D eigenvalue weighted by atomic mass is 32.2. The first-order chi connectivity index (χ1) is 14.3. The minimum absolute atomic E-state index is 0.470. The largest absolute Gasteiger partial charge is 0.378 e. The van der Waals surface area contributed by atoms with E-state index in [0.717, 1.165) is 30.3 Å². The molecule has 0 atom stereocenters. The number of para-hydroxylation sites is 1. The number of hydrogen-bond acceptors (Lipinski definition) is 6. The van der Waals surface area contributed by atoms with E-state index in [0.29, 0.717) is 24.6 Å². The fourth-order valence-corrected chi connectivity index (χ4v) is 3.66. The predicted octanol–water partition coefficient (Wildman–Crippen LogP) is 3.89. The van der Waals surface area contributed by atoms with E-state index in [4.69, 9.17) is 4.74 Å². The van der Waals surface area contributed by atoms with Crippen molar-refractivity contribution in [2.45, 2.75) is 4.90 Å². The summed E-state index contributed by atoms with van der Waals surface area (Å²) in [6.07, 6.45) is 3.90. The summed E-state index contributed by atoms with van der Waals surface area (Å²) in [4.78, 5) is 3.33. The Balaban J connectivity index is 1.80. The molecule has 1 aliphatic heterocycles. The second-order valence-corrected chi connectivity index (χ2v) is 7.42.